The molecule has 0 aliphatic carbocycles. The molecule has 1 saturated heterocycles. The van der Waals surface area contributed by atoms with E-state index in [2.05, 4.69) is 34.7 Å². The molecule has 0 saturated carbocycles. The van der Waals surface area contributed by atoms with Crippen molar-refractivity contribution in [2.24, 2.45) is 10.9 Å². The molecule has 0 spiro atoms. The van der Waals surface area contributed by atoms with Gasteiger partial charge in [0.2, 0.25) is 0 Å². The van der Waals surface area contributed by atoms with Crippen LogP contribution in [-0.2, 0) is 16.4 Å². The maximum absolute atomic E-state index is 11.5. The summed E-state index contributed by atoms with van der Waals surface area (Å²) in [6, 6.07) is 4.19. The van der Waals surface area contributed by atoms with Gasteiger partial charge in [0.25, 0.3) is 0 Å². The SMILES string of the molecule is CCNC(=NCc1ccc(C)s1)NCC1CCS(=O)(=O)C1. The first kappa shape index (κ1) is 16.3. The lowest BCUT2D eigenvalue weighted by atomic mass is 10.1. The molecule has 7 heteroatoms. The number of nitrogens with zero attached hydrogens (tertiary/aromatic N) is 1. The van der Waals surface area contributed by atoms with E-state index in [1.165, 1.54) is 9.75 Å². The van der Waals surface area contributed by atoms with Gasteiger partial charge in [0, 0.05) is 22.8 Å². The van der Waals surface area contributed by atoms with Gasteiger partial charge in [-0.05, 0) is 38.3 Å². The van der Waals surface area contributed by atoms with E-state index in [-0.39, 0.29) is 5.92 Å². The molecule has 0 bridgehead atoms. The van der Waals surface area contributed by atoms with Crippen LogP contribution in [0.15, 0.2) is 17.1 Å². The van der Waals surface area contributed by atoms with Gasteiger partial charge in [0.05, 0.1) is 18.1 Å². The van der Waals surface area contributed by atoms with E-state index in [9.17, 15) is 8.42 Å². The summed E-state index contributed by atoms with van der Waals surface area (Å²) in [7, 11) is -2.81. The summed E-state index contributed by atoms with van der Waals surface area (Å²) in [5.74, 6) is 1.57. The highest BCUT2D eigenvalue weighted by Gasteiger charge is 2.27. The molecule has 0 radical (unpaired) electrons. The van der Waals surface area contributed by atoms with Crippen molar-refractivity contribution in [3.8, 4) is 0 Å². The zero-order chi connectivity index (χ0) is 15.3. The average molecular weight is 329 g/mol. The Kier molecular flexibility index (Phi) is 5.64. The van der Waals surface area contributed by atoms with Crippen LogP contribution in [0.4, 0.5) is 0 Å². The van der Waals surface area contributed by atoms with Gasteiger partial charge in [0.15, 0.2) is 15.8 Å². The Morgan fingerprint density at radius 3 is 2.81 bits per heavy atom. The van der Waals surface area contributed by atoms with E-state index in [1.807, 2.05) is 6.92 Å². The Balaban J connectivity index is 1.86. The molecule has 1 atom stereocenters. The Labute approximate surface area is 130 Å². The second-order valence-corrected chi connectivity index (χ2v) is 8.96. The number of hydrogen-bond acceptors (Lipinski definition) is 4. The topological polar surface area (TPSA) is 70.6 Å². The van der Waals surface area contributed by atoms with Gasteiger partial charge in [-0.3, -0.25) is 0 Å². The maximum Gasteiger partial charge on any atom is 0.191 e. The summed E-state index contributed by atoms with van der Waals surface area (Å²) in [5, 5.41) is 6.45. The molecule has 1 aromatic heterocycles. The molecule has 1 aliphatic rings. The standard InChI is InChI=1S/C14H23N3O2S2/c1-3-15-14(17-9-13-5-4-11(2)20-13)16-8-12-6-7-21(18,19)10-12/h4-5,12H,3,6-10H2,1-2H3,(H2,15,16,17). The van der Waals surface area contributed by atoms with Crippen LogP contribution in [0.5, 0.6) is 0 Å². The Morgan fingerprint density at radius 1 is 1.43 bits per heavy atom. The minimum Gasteiger partial charge on any atom is -0.357 e. The summed E-state index contributed by atoms with van der Waals surface area (Å²) in [4.78, 5) is 7.07. The predicted octanol–water partition coefficient (Wildman–Crippen LogP) is 1.55. The molecule has 5 nitrogen and oxygen atoms in total. The van der Waals surface area contributed by atoms with Crippen LogP contribution in [-0.4, -0.2) is 39.0 Å². The third kappa shape index (κ3) is 5.32. The van der Waals surface area contributed by atoms with E-state index < -0.39 is 9.84 Å². The maximum atomic E-state index is 11.5. The minimum absolute atomic E-state index is 0.197. The third-order valence-electron chi connectivity index (χ3n) is 3.42. The zero-order valence-electron chi connectivity index (χ0n) is 12.6. The minimum atomic E-state index is -2.81. The van der Waals surface area contributed by atoms with Crippen molar-refractivity contribution in [3.63, 3.8) is 0 Å². The smallest absolute Gasteiger partial charge is 0.191 e. The number of sulfone groups is 1. The van der Waals surface area contributed by atoms with E-state index in [0.717, 1.165) is 18.9 Å². The highest BCUT2D eigenvalue weighted by atomic mass is 32.2. The summed E-state index contributed by atoms with van der Waals surface area (Å²) in [6.45, 7) is 6.21. The van der Waals surface area contributed by atoms with Crippen LogP contribution in [0.3, 0.4) is 0 Å². The quantitative estimate of drug-likeness (QED) is 0.635. The van der Waals surface area contributed by atoms with Crippen LogP contribution in [0.25, 0.3) is 0 Å². The van der Waals surface area contributed by atoms with Gasteiger partial charge < -0.3 is 10.6 Å². The van der Waals surface area contributed by atoms with Gasteiger partial charge in [-0.15, -0.1) is 11.3 Å². The van der Waals surface area contributed by atoms with Crippen molar-refractivity contribution in [1.29, 1.82) is 0 Å². The van der Waals surface area contributed by atoms with Crippen molar-refractivity contribution in [2.45, 2.75) is 26.8 Å². The monoisotopic (exact) mass is 329 g/mol. The van der Waals surface area contributed by atoms with Crippen molar-refractivity contribution in [2.75, 3.05) is 24.6 Å². The predicted molar refractivity (Wildman–Crippen MR) is 88.6 cm³/mol. The molecule has 0 amide bonds. The molecule has 1 unspecified atom stereocenters. The van der Waals surface area contributed by atoms with E-state index in [4.69, 9.17) is 0 Å². The second kappa shape index (κ2) is 7.26. The number of hydrogen-bond donors (Lipinski definition) is 2. The highest BCUT2D eigenvalue weighted by molar-refractivity contribution is 7.91. The molecule has 1 fully saturated rings. The molecule has 0 aromatic carbocycles. The molecular formula is C14H23N3O2S2. The summed E-state index contributed by atoms with van der Waals surface area (Å²) in [5.41, 5.74) is 0. The summed E-state index contributed by atoms with van der Waals surface area (Å²) >= 11 is 1.75. The van der Waals surface area contributed by atoms with Gasteiger partial charge in [0.1, 0.15) is 0 Å². The molecule has 21 heavy (non-hydrogen) atoms. The lowest BCUT2D eigenvalue weighted by Gasteiger charge is -2.14. The van der Waals surface area contributed by atoms with Crippen LogP contribution in [0, 0.1) is 12.8 Å². The van der Waals surface area contributed by atoms with Gasteiger partial charge >= 0.3 is 0 Å². The van der Waals surface area contributed by atoms with Gasteiger partial charge in [-0.1, -0.05) is 0 Å². The highest BCUT2D eigenvalue weighted by Crippen LogP contribution is 2.17. The second-order valence-electron chi connectivity index (χ2n) is 5.36. The fourth-order valence-electron chi connectivity index (χ4n) is 2.34. The molecular weight excluding hydrogens is 306 g/mol. The largest absolute Gasteiger partial charge is 0.357 e. The van der Waals surface area contributed by atoms with Crippen LogP contribution in [0.1, 0.15) is 23.1 Å². The van der Waals surface area contributed by atoms with Crippen molar-refractivity contribution >= 4 is 27.1 Å². The lowest BCUT2D eigenvalue weighted by molar-refractivity contribution is 0.567. The van der Waals surface area contributed by atoms with Crippen LogP contribution in [0.2, 0.25) is 0 Å². The Morgan fingerprint density at radius 2 is 2.24 bits per heavy atom. The number of aliphatic imine (C=N–C) groups is 1. The fourth-order valence-corrected chi connectivity index (χ4v) is 5.02. The number of guanidine groups is 1. The molecule has 118 valence electrons. The molecule has 1 aromatic rings. The molecule has 2 rings (SSSR count). The summed E-state index contributed by atoms with van der Waals surface area (Å²) < 4.78 is 22.9. The van der Waals surface area contributed by atoms with E-state index >= 15 is 0 Å². The fraction of sp³-hybridized carbons (Fsp3) is 0.643. The first-order valence-electron chi connectivity index (χ1n) is 7.26. The molecule has 1 aliphatic heterocycles. The lowest BCUT2D eigenvalue weighted by Crippen LogP contribution is -2.40. The molecule has 2 heterocycles. The number of rotatable bonds is 5. The number of nitrogens with one attached hydrogen (secondary N) is 2. The van der Waals surface area contributed by atoms with Crippen LogP contribution < -0.4 is 10.6 Å². The number of aryl methyl sites for hydroxylation is 1. The van der Waals surface area contributed by atoms with E-state index in [0.29, 0.717) is 24.6 Å². The average Bonchev–Trinajstić information content (AvgIpc) is 2.98. The van der Waals surface area contributed by atoms with Crippen molar-refractivity contribution in [1.82, 2.24) is 10.6 Å². The van der Waals surface area contributed by atoms with Crippen molar-refractivity contribution in [3.05, 3.63) is 21.9 Å². The Hall–Kier alpha value is -1.08. The third-order valence-corrected chi connectivity index (χ3v) is 6.24. The van der Waals surface area contributed by atoms with Crippen molar-refractivity contribution < 1.29 is 8.42 Å². The van der Waals surface area contributed by atoms with E-state index in [1.54, 1.807) is 11.3 Å². The molecule has 2 N–H and O–H groups in total. The Bertz CT molecular complexity index is 593. The summed E-state index contributed by atoms with van der Waals surface area (Å²) in [6.07, 6.45) is 0.749. The first-order valence-corrected chi connectivity index (χ1v) is 9.90. The van der Waals surface area contributed by atoms with Crippen LogP contribution >= 0.6 is 11.3 Å². The normalized spacial score (nSPS) is 21.4. The van der Waals surface area contributed by atoms with Gasteiger partial charge in [-0.2, -0.15) is 0 Å². The number of thiophene rings is 1. The first-order chi connectivity index (χ1) is 9.98. The zero-order valence-corrected chi connectivity index (χ0v) is 14.2. The van der Waals surface area contributed by atoms with Gasteiger partial charge in [-0.25, -0.2) is 13.4 Å².